The number of amides is 1. The Morgan fingerprint density at radius 3 is 2.62 bits per heavy atom. The molecule has 1 fully saturated rings. The van der Waals surface area contributed by atoms with E-state index in [0.29, 0.717) is 12.6 Å². The van der Waals surface area contributed by atoms with Gasteiger partial charge in [-0.1, -0.05) is 37.8 Å². The zero-order valence-electron chi connectivity index (χ0n) is 19.4. The van der Waals surface area contributed by atoms with Crippen molar-refractivity contribution in [1.29, 1.82) is 0 Å². The van der Waals surface area contributed by atoms with Crippen LogP contribution in [0.3, 0.4) is 0 Å². The second-order valence-electron chi connectivity index (χ2n) is 9.10. The van der Waals surface area contributed by atoms with Gasteiger partial charge in [0.25, 0.3) is 5.91 Å². The molecule has 172 valence electrons. The molecule has 1 amide bonds. The van der Waals surface area contributed by atoms with Crippen molar-refractivity contribution in [1.82, 2.24) is 20.6 Å². The minimum atomic E-state index is -0.209. The molecule has 32 heavy (non-hydrogen) atoms. The van der Waals surface area contributed by atoms with Gasteiger partial charge in [-0.2, -0.15) is 0 Å². The number of nitrogens with zero attached hydrogens (tertiary/aromatic N) is 3. The molecule has 2 aliphatic rings. The van der Waals surface area contributed by atoms with Crippen LogP contribution in [0.5, 0.6) is 0 Å². The lowest BCUT2D eigenvalue weighted by Gasteiger charge is -2.35. The van der Waals surface area contributed by atoms with Crippen LogP contribution in [0, 0.1) is 6.92 Å². The molecule has 0 spiro atoms. The molecule has 7 heteroatoms. The lowest BCUT2D eigenvalue weighted by molar-refractivity contribution is 0.0943. The number of anilines is 1. The number of benzene rings is 1. The van der Waals surface area contributed by atoms with Crippen LogP contribution in [-0.2, 0) is 0 Å². The van der Waals surface area contributed by atoms with Gasteiger partial charge >= 0.3 is 0 Å². The summed E-state index contributed by atoms with van der Waals surface area (Å²) in [6.07, 6.45) is 10.0. The Kier molecular flexibility index (Phi) is 7.55. The van der Waals surface area contributed by atoms with Crippen LogP contribution in [-0.4, -0.2) is 46.9 Å². The van der Waals surface area contributed by atoms with E-state index in [4.69, 9.17) is 9.98 Å². The van der Waals surface area contributed by atoms with Gasteiger partial charge in [0, 0.05) is 37.0 Å². The van der Waals surface area contributed by atoms with Gasteiger partial charge in [0.05, 0.1) is 11.4 Å². The lowest BCUT2D eigenvalue weighted by Crippen LogP contribution is -2.49. The third-order valence-corrected chi connectivity index (χ3v) is 6.43. The molecule has 3 N–H and O–H groups in total. The maximum Gasteiger partial charge on any atom is 0.289 e. The molecule has 2 atom stereocenters. The van der Waals surface area contributed by atoms with E-state index >= 15 is 0 Å². The van der Waals surface area contributed by atoms with Gasteiger partial charge < -0.3 is 16.0 Å². The molecule has 2 heterocycles. The van der Waals surface area contributed by atoms with Crippen molar-refractivity contribution >= 4 is 28.5 Å². The van der Waals surface area contributed by atoms with Crippen LogP contribution in [0.1, 0.15) is 80.9 Å². The van der Waals surface area contributed by atoms with Gasteiger partial charge in [-0.25, -0.2) is 9.97 Å². The summed E-state index contributed by atoms with van der Waals surface area (Å²) < 4.78 is 0. The molecule has 1 aliphatic carbocycles. The molecule has 7 nitrogen and oxygen atoms in total. The number of carbonyl (C=O) groups is 1. The van der Waals surface area contributed by atoms with Crippen molar-refractivity contribution in [3.8, 4) is 0 Å². The molecule has 0 radical (unpaired) electrons. The third kappa shape index (κ3) is 5.56. The number of fused-ring (bicyclic) bond motifs is 1. The highest BCUT2D eigenvalue weighted by molar-refractivity contribution is 5.96. The van der Waals surface area contributed by atoms with Crippen LogP contribution in [0.4, 0.5) is 5.82 Å². The van der Waals surface area contributed by atoms with Crippen molar-refractivity contribution in [3.63, 3.8) is 0 Å². The predicted octanol–water partition coefficient (Wildman–Crippen LogP) is 4.36. The maximum atomic E-state index is 12.7. The van der Waals surface area contributed by atoms with Crippen molar-refractivity contribution in [2.75, 3.05) is 18.4 Å². The standard InChI is InChI=1S/C25H36N6O/c1-3-4-14-27-25(32)24-29-19-13-12-17(2)16-18(19)23(31-24)30-21-10-6-5-9-20(21)28-22-11-7-8-15-26-22/h12-13,16,20-21H,3-11,14-15H2,1-2H3,(H,26,28)(H,27,32)(H,29,30,31)/t20-,21+/m1/s1. The summed E-state index contributed by atoms with van der Waals surface area (Å²) in [6.45, 7) is 5.75. The number of aliphatic imine (C=N–C) groups is 1. The van der Waals surface area contributed by atoms with Crippen LogP contribution in [0.15, 0.2) is 23.2 Å². The van der Waals surface area contributed by atoms with Gasteiger partial charge in [0.1, 0.15) is 5.82 Å². The number of carbonyl (C=O) groups excluding carboxylic acids is 1. The van der Waals surface area contributed by atoms with Crippen molar-refractivity contribution in [2.45, 2.75) is 83.7 Å². The highest BCUT2D eigenvalue weighted by Gasteiger charge is 2.27. The van der Waals surface area contributed by atoms with Crippen LogP contribution >= 0.6 is 0 Å². The van der Waals surface area contributed by atoms with Crippen molar-refractivity contribution < 1.29 is 4.79 Å². The fourth-order valence-electron chi connectivity index (χ4n) is 4.59. The Morgan fingerprint density at radius 2 is 1.88 bits per heavy atom. The first-order valence-electron chi connectivity index (χ1n) is 12.3. The molecule has 1 aromatic carbocycles. The summed E-state index contributed by atoms with van der Waals surface area (Å²) in [4.78, 5) is 26.7. The van der Waals surface area contributed by atoms with Gasteiger partial charge in [-0.05, 0) is 51.2 Å². The number of amidine groups is 1. The monoisotopic (exact) mass is 436 g/mol. The number of hydrogen-bond donors (Lipinski definition) is 3. The van der Waals surface area contributed by atoms with E-state index < -0.39 is 0 Å². The van der Waals surface area contributed by atoms with E-state index in [9.17, 15) is 4.79 Å². The Morgan fingerprint density at radius 1 is 1.06 bits per heavy atom. The zero-order chi connectivity index (χ0) is 22.3. The summed E-state index contributed by atoms with van der Waals surface area (Å²) in [5.74, 6) is 1.92. The lowest BCUT2D eigenvalue weighted by atomic mass is 9.89. The smallest absolute Gasteiger partial charge is 0.289 e. The quantitative estimate of drug-likeness (QED) is 0.561. The summed E-state index contributed by atoms with van der Waals surface area (Å²) in [5.41, 5.74) is 1.95. The molecule has 2 aromatic rings. The van der Waals surface area contributed by atoms with Crippen molar-refractivity contribution in [2.24, 2.45) is 4.99 Å². The minimum Gasteiger partial charge on any atom is -0.369 e. The Bertz CT molecular complexity index is 972. The Balaban J connectivity index is 1.59. The fourth-order valence-corrected chi connectivity index (χ4v) is 4.59. The number of aromatic nitrogens is 2. The molecule has 0 saturated heterocycles. The molecule has 1 aromatic heterocycles. The first-order chi connectivity index (χ1) is 15.6. The number of nitrogens with one attached hydrogen (secondary N) is 3. The Labute approximate surface area is 190 Å². The van der Waals surface area contributed by atoms with Crippen LogP contribution in [0.2, 0.25) is 0 Å². The van der Waals surface area contributed by atoms with E-state index in [2.05, 4.69) is 40.8 Å². The van der Waals surface area contributed by atoms with Crippen LogP contribution < -0.4 is 16.0 Å². The fraction of sp³-hybridized carbons (Fsp3) is 0.600. The first kappa shape index (κ1) is 22.5. The van der Waals surface area contributed by atoms with Crippen molar-refractivity contribution in [3.05, 3.63) is 29.6 Å². The second kappa shape index (κ2) is 10.7. The molecule has 0 unspecified atom stereocenters. The summed E-state index contributed by atoms with van der Waals surface area (Å²) in [6, 6.07) is 6.67. The zero-order valence-corrected chi connectivity index (χ0v) is 19.4. The molecule has 4 rings (SSSR count). The summed E-state index contributed by atoms with van der Waals surface area (Å²) >= 11 is 0. The SMILES string of the molecule is CCCCNC(=O)c1nc(N[C@H]2CCCC[C@H]2NC2=NCCCC2)c2cc(C)ccc2n1. The molecular weight excluding hydrogens is 400 g/mol. The topological polar surface area (TPSA) is 91.3 Å². The third-order valence-electron chi connectivity index (χ3n) is 6.43. The number of unbranched alkanes of at least 4 members (excludes halogenated alkanes) is 1. The van der Waals surface area contributed by atoms with Crippen LogP contribution in [0.25, 0.3) is 10.9 Å². The molecular formula is C25H36N6O. The molecule has 0 bridgehead atoms. The van der Waals surface area contributed by atoms with E-state index in [1.807, 2.05) is 12.1 Å². The molecule has 1 saturated carbocycles. The average Bonchev–Trinajstić information content (AvgIpc) is 2.81. The van der Waals surface area contributed by atoms with Gasteiger partial charge in [0.2, 0.25) is 5.82 Å². The predicted molar refractivity (Wildman–Crippen MR) is 130 cm³/mol. The van der Waals surface area contributed by atoms with E-state index in [-0.39, 0.29) is 17.8 Å². The van der Waals surface area contributed by atoms with Gasteiger partial charge in [-0.15, -0.1) is 0 Å². The van der Waals surface area contributed by atoms with E-state index in [1.54, 1.807) is 0 Å². The summed E-state index contributed by atoms with van der Waals surface area (Å²) in [7, 11) is 0. The average molecular weight is 437 g/mol. The normalized spacial score (nSPS) is 21.1. The first-order valence-corrected chi connectivity index (χ1v) is 12.3. The number of aryl methyl sites for hydroxylation is 1. The van der Waals surface area contributed by atoms with E-state index in [1.165, 1.54) is 25.7 Å². The number of rotatable bonds is 7. The largest absolute Gasteiger partial charge is 0.369 e. The Hall–Kier alpha value is -2.70. The van der Waals surface area contributed by atoms with E-state index in [0.717, 1.165) is 66.8 Å². The maximum absolute atomic E-state index is 12.7. The molecule has 1 aliphatic heterocycles. The second-order valence-corrected chi connectivity index (χ2v) is 9.10. The highest BCUT2D eigenvalue weighted by Crippen LogP contribution is 2.27. The highest BCUT2D eigenvalue weighted by atomic mass is 16.2. The van der Waals surface area contributed by atoms with Gasteiger partial charge in [0.15, 0.2) is 0 Å². The van der Waals surface area contributed by atoms with Gasteiger partial charge in [-0.3, -0.25) is 9.79 Å². The summed E-state index contributed by atoms with van der Waals surface area (Å²) in [5, 5.41) is 11.3. The number of hydrogen-bond acceptors (Lipinski definition) is 6. The minimum absolute atomic E-state index is 0.209.